The third kappa shape index (κ3) is 8.28. The summed E-state index contributed by atoms with van der Waals surface area (Å²) in [5.74, 6) is 2.40. The molecule has 0 saturated carbocycles. The van der Waals surface area contributed by atoms with E-state index in [9.17, 15) is 10.1 Å². The van der Waals surface area contributed by atoms with Gasteiger partial charge < -0.3 is 29.6 Å². The molecule has 0 saturated heterocycles. The van der Waals surface area contributed by atoms with Crippen molar-refractivity contribution in [3.05, 3.63) is 47.0 Å². The van der Waals surface area contributed by atoms with Gasteiger partial charge in [-0.1, -0.05) is 26.3 Å². The average Bonchev–Trinajstić information content (AvgIpc) is 2.92. The maximum Gasteiger partial charge on any atom is 0.252 e. The van der Waals surface area contributed by atoms with Crippen LogP contribution in [0.15, 0.2) is 30.3 Å². The van der Waals surface area contributed by atoms with E-state index in [1.54, 1.807) is 34.5 Å². The average molecular weight is 554 g/mol. The van der Waals surface area contributed by atoms with Crippen molar-refractivity contribution >= 4 is 5.91 Å². The summed E-state index contributed by atoms with van der Waals surface area (Å²) in [6.45, 7) is 11.6. The van der Waals surface area contributed by atoms with Crippen molar-refractivity contribution in [2.75, 3.05) is 41.5 Å². The molecule has 8 nitrogen and oxygen atoms in total. The van der Waals surface area contributed by atoms with Gasteiger partial charge in [-0.2, -0.15) is 5.26 Å². The minimum atomic E-state index is -0.617. The second kappa shape index (κ2) is 14.8. The number of unbranched alkanes of at least 4 members (excludes halogenated alkanes) is 1. The van der Waals surface area contributed by atoms with Crippen LogP contribution in [0.4, 0.5) is 0 Å². The standard InChI is InChI=1S/C32H47N3O5/c1-22(2)32(21-33,24-12-13-26(37-6)28(19-24)39-8)15-10-11-16-34-17-14-23-18-27(38-7)29(40-9)20-25(23)30(36)35-31(3,4)5/h12-13,18-20,22,34H,10-11,14-17H2,1-9H3,(H,35,36). The zero-order valence-electron chi connectivity index (χ0n) is 25.7. The summed E-state index contributed by atoms with van der Waals surface area (Å²) < 4.78 is 21.8. The normalized spacial score (nSPS) is 12.8. The molecule has 8 heteroatoms. The lowest BCUT2D eigenvalue weighted by Crippen LogP contribution is -2.41. The van der Waals surface area contributed by atoms with Gasteiger partial charge in [0.25, 0.3) is 5.91 Å². The number of hydrogen-bond acceptors (Lipinski definition) is 7. The second-order valence-electron chi connectivity index (χ2n) is 11.3. The van der Waals surface area contributed by atoms with E-state index in [1.807, 2.05) is 45.0 Å². The molecule has 40 heavy (non-hydrogen) atoms. The van der Waals surface area contributed by atoms with Gasteiger partial charge in [-0.3, -0.25) is 4.79 Å². The molecule has 0 heterocycles. The summed E-state index contributed by atoms with van der Waals surface area (Å²) in [6, 6.07) is 12.0. The zero-order chi connectivity index (χ0) is 29.9. The number of benzene rings is 2. The summed E-state index contributed by atoms with van der Waals surface area (Å²) in [6.07, 6.45) is 3.22. The van der Waals surface area contributed by atoms with E-state index >= 15 is 0 Å². The number of nitriles is 1. The minimum Gasteiger partial charge on any atom is -0.493 e. The Labute approximate surface area is 240 Å². The number of nitrogens with zero attached hydrogens (tertiary/aromatic N) is 1. The maximum absolute atomic E-state index is 13.0. The number of carbonyl (C=O) groups is 1. The van der Waals surface area contributed by atoms with Crippen LogP contribution in [0.25, 0.3) is 0 Å². The Kier molecular flexibility index (Phi) is 12.1. The zero-order valence-corrected chi connectivity index (χ0v) is 25.7. The quantitative estimate of drug-likeness (QED) is 0.274. The van der Waals surface area contributed by atoms with Gasteiger partial charge in [-0.05, 0) is 94.4 Å². The van der Waals surface area contributed by atoms with Crippen LogP contribution in [-0.2, 0) is 11.8 Å². The van der Waals surface area contributed by atoms with Crippen LogP contribution in [0.3, 0.4) is 0 Å². The van der Waals surface area contributed by atoms with E-state index in [2.05, 4.69) is 30.6 Å². The van der Waals surface area contributed by atoms with Gasteiger partial charge in [0.05, 0.1) is 39.9 Å². The number of ether oxygens (including phenoxy) is 4. The molecule has 2 N–H and O–H groups in total. The molecule has 0 fully saturated rings. The SMILES string of the molecule is COc1ccc(C(C#N)(CCCCNCCc2cc(OC)c(OC)cc2C(=O)NC(C)(C)C)C(C)C)cc1OC. The number of methoxy groups -OCH3 is 4. The lowest BCUT2D eigenvalue weighted by Gasteiger charge is -2.32. The molecule has 0 aliphatic heterocycles. The highest BCUT2D eigenvalue weighted by Crippen LogP contribution is 2.40. The van der Waals surface area contributed by atoms with E-state index in [0.29, 0.717) is 41.5 Å². The highest BCUT2D eigenvalue weighted by Gasteiger charge is 2.36. The van der Waals surface area contributed by atoms with Gasteiger partial charge in [0.2, 0.25) is 0 Å². The summed E-state index contributed by atoms with van der Waals surface area (Å²) in [5, 5.41) is 16.8. The summed E-state index contributed by atoms with van der Waals surface area (Å²) in [5.41, 5.74) is 1.45. The molecule has 1 unspecified atom stereocenters. The fraction of sp³-hybridized carbons (Fsp3) is 0.562. The Morgan fingerprint density at radius 2 is 1.48 bits per heavy atom. The Hall–Kier alpha value is -3.44. The molecule has 0 bridgehead atoms. The third-order valence-electron chi connectivity index (χ3n) is 7.17. The molecule has 2 aromatic rings. The number of rotatable bonds is 15. The van der Waals surface area contributed by atoms with Crippen LogP contribution in [0.2, 0.25) is 0 Å². The largest absolute Gasteiger partial charge is 0.493 e. The molecule has 1 amide bonds. The Balaban J connectivity index is 2.03. The molecule has 1 atom stereocenters. The number of carbonyl (C=O) groups excluding carboxylic acids is 1. The Morgan fingerprint density at radius 1 is 0.875 bits per heavy atom. The monoisotopic (exact) mass is 553 g/mol. The molecule has 2 rings (SSSR count). The fourth-order valence-electron chi connectivity index (χ4n) is 4.88. The summed E-state index contributed by atoms with van der Waals surface area (Å²) in [7, 11) is 6.38. The maximum atomic E-state index is 13.0. The second-order valence-corrected chi connectivity index (χ2v) is 11.3. The molecular formula is C32H47N3O5. The number of amides is 1. The number of nitrogens with one attached hydrogen (secondary N) is 2. The molecular weight excluding hydrogens is 506 g/mol. The molecule has 0 aliphatic carbocycles. The van der Waals surface area contributed by atoms with Crippen LogP contribution < -0.4 is 29.6 Å². The minimum absolute atomic E-state index is 0.131. The molecule has 0 spiro atoms. The van der Waals surface area contributed by atoms with Gasteiger partial charge in [0.1, 0.15) is 0 Å². The van der Waals surface area contributed by atoms with E-state index in [0.717, 1.165) is 36.9 Å². The fourth-order valence-corrected chi connectivity index (χ4v) is 4.88. The Bertz CT molecular complexity index is 1170. The lowest BCUT2D eigenvalue weighted by atomic mass is 9.69. The molecule has 0 radical (unpaired) electrons. The van der Waals surface area contributed by atoms with Crippen LogP contribution in [0, 0.1) is 17.2 Å². The highest BCUT2D eigenvalue weighted by molar-refractivity contribution is 5.97. The molecule has 220 valence electrons. The van der Waals surface area contributed by atoms with E-state index in [4.69, 9.17) is 18.9 Å². The first-order valence-corrected chi connectivity index (χ1v) is 13.9. The first-order valence-electron chi connectivity index (χ1n) is 13.9. The van der Waals surface area contributed by atoms with Crippen molar-refractivity contribution in [3.63, 3.8) is 0 Å². The van der Waals surface area contributed by atoms with Crippen molar-refractivity contribution in [3.8, 4) is 29.1 Å². The summed E-state index contributed by atoms with van der Waals surface area (Å²) in [4.78, 5) is 13.0. The van der Waals surface area contributed by atoms with Crippen LogP contribution >= 0.6 is 0 Å². The molecule has 0 aliphatic rings. The molecule has 0 aromatic heterocycles. The van der Waals surface area contributed by atoms with Gasteiger partial charge in [-0.25, -0.2) is 0 Å². The predicted octanol–water partition coefficient (Wildman–Crippen LogP) is 5.67. The van der Waals surface area contributed by atoms with Crippen molar-refractivity contribution in [2.45, 2.75) is 71.3 Å². The predicted molar refractivity (Wildman–Crippen MR) is 159 cm³/mol. The third-order valence-corrected chi connectivity index (χ3v) is 7.17. The first kappa shape index (κ1) is 32.8. The van der Waals surface area contributed by atoms with Crippen molar-refractivity contribution in [2.24, 2.45) is 5.92 Å². The Morgan fingerprint density at radius 3 is 2.02 bits per heavy atom. The van der Waals surface area contributed by atoms with E-state index < -0.39 is 5.41 Å². The summed E-state index contributed by atoms with van der Waals surface area (Å²) >= 11 is 0. The van der Waals surface area contributed by atoms with Gasteiger partial charge >= 0.3 is 0 Å². The number of hydrogen-bond donors (Lipinski definition) is 2. The van der Waals surface area contributed by atoms with Crippen molar-refractivity contribution in [1.82, 2.24) is 10.6 Å². The molecule has 2 aromatic carbocycles. The van der Waals surface area contributed by atoms with Gasteiger partial charge in [0, 0.05) is 11.1 Å². The first-order chi connectivity index (χ1) is 19.0. The van der Waals surface area contributed by atoms with Gasteiger partial charge in [-0.15, -0.1) is 0 Å². The highest BCUT2D eigenvalue weighted by atomic mass is 16.5. The van der Waals surface area contributed by atoms with Crippen LogP contribution in [0.1, 0.15) is 75.4 Å². The lowest BCUT2D eigenvalue weighted by molar-refractivity contribution is 0.0918. The van der Waals surface area contributed by atoms with Crippen LogP contribution in [-0.4, -0.2) is 53.0 Å². The van der Waals surface area contributed by atoms with Crippen LogP contribution in [0.5, 0.6) is 23.0 Å². The van der Waals surface area contributed by atoms with Crippen molar-refractivity contribution < 1.29 is 23.7 Å². The smallest absolute Gasteiger partial charge is 0.252 e. The topological polar surface area (TPSA) is 102 Å². The van der Waals surface area contributed by atoms with Crippen molar-refractivity contribution in [1.29, 1.82) is 5.26 Å². The van der Waals surface area contributed by atoms with E-state index in [-0.39, 0.29) is 17.4 Å². The van der Waals surface area contributed by atoms with E-state index in [1.165, 1.54) is 0 Å². The van der Waals surface area contributed by atoms with Gasteiger partial charge in [0.15, 0.2) is 23.0 Å².